The summed E-state index contributed by atoms with van der Waals surface area (Å²) in [6.45, 7) is 9.47. The zero-order valence-corrected chi connectivity index (χ0v) is 13.6. The summed E-state index contributed by atoms with van der Waals surface area (Å²) in [7, 11) is 2.03. The summed E-state index contributed by atoms with van der Waals surface area (Å²) >= 11 is 0. The summed E-state index contributed by atoms with van der Waals surface area (Å²) < 4.78 is 5.75. The molecule has 1 unspecified atom stereocenters. The van der Waals surface area contributed by atoms with E-state index in [0.29, 0.717) is 5.92 Å². The van der Waals surface area contributed by atoms with Gasteiger partial charge in [-0.2, -0.15) is 0 Å². The predicted octanol–water partition coefficient (Wildman–Crippen LogP) is 3.83. The summed E-state index contributed by atoms with van der Waals surface area (Å²) in [4.78, 5) is 0. The third-order valence-corrected chi connectivity index (χ3v) is 3.61. The van der Waals surface area contributed by atoms with Crippen LogP contribution in [0.5, 0.6) is 0 Å². The first-order chi connectivity index (χ1) is 9.61. The molecule has 0 saturated heterocycles. The molecule has 2 nitrogen and oxygen atoms in total. The van der Waals surface area contributed by atoms with Gasteiger partial charge in [-0.25, -0.2) is 0 Å². The lowest BCUT2D eigenvalue weighted by atomic mass is 9.95. The van der Waals surface area contributed by atoms with Crippen LogP contribution in [0.4, 0.5) is 0 Å². The van der Waals surface area contributed by atoms with Crippen molar-refractivity contribution in [1.29, 1.82) is 0 Å². The molecule has 0 aromatic heterocycles. The molecule has 0 heterocycles. The van der Waals surface area contributed by atoms with E-state index < -0.39 is 0 Å². The van der Waals surface area contributed by atoms with E-state index in [9.17, 15) is 0 Å². The molecule has 0 aliphatic rings. The second kappa shape index (κ2) is 9.95. The summed E-state index contributed by atoms with van der Waals surface area (Å²) in [5, 5.41) is 3.31. The van der Waals surface area contributed by atoms with Crippen molar-refractivity contribution in [3.8, 4) is 0 Å². The maximum absolute atomic E-state index is 5.75. The van der Waals surface area contributed by atoms with E-state index in [1.54, 1.807) is 0 Å². The molecule has 0 aliphatic carbocycles. The van der Waals surface area contributed by atoms with Gasteiger partial charge in [-0.15, -0.1) is 0 Å². The molecule has 0 aliphatic heterocycles. The van der Waals surface area contributed by atoms with E-state index >= 15 is 0 Å². The molecule has 1 aromatic carbocycles. The fourth-order valence-electron chi connectivity index (χ4n) is 2.41. The largest absolute Gasteiger partial charge is 0.381 e. The zero-order valence-electron chi connectivity index (χ0n) is 13.6. The second-order valence-electron chi connectivity index (χ2n) is 6.20. The number of ether oxygens (including phenoxy) is 1. The first kappa shape index (κ1) is 17.2. The molecule has 20 heavy (non-hydrogen) atoms. The minimum absolute atomic E-state index is 0.654. The van der Waals surface area contributed by atoms with E-state index in [4.69, 9.17) is 4.74 Å². The standard InChI is InChI=1S/C18H31NO/c1-15(2)8-10-20-11-9-18(14-19-4)13-17-7-5-6-16(3)12-17/h5-7,12,15,18-19H,8-11,13-14H2,1-4H3. The quantitative estimate of drug-likeness (QED) is 0.656. The predicted molar refractivity (Wildman–Crippen MR) is 87.2 cm³/mol. The smallest absolute Gasteiger partial charge is 0.0469 e. The van der Waals surface area contributed by atoms with Crippen LogP contribution in [0.15, 0.2) is 24.3 Å². The van der Waals surface area contributed by atoms with Gasteiger partial charge in [0.25, 0.3) is 0 Å². The normalized spacial score (nSPS) is 12.8. The van der Waals surface area contributed by atoms with Crippen LogP contribution in [0, 0.1) is 18.8 Å². The van der Waals surface area contributed by atoms with Gasteiger partial charge < -0.3 is 10.1 Å². The van der Waals surface area contributed by atoms with Gasteiger partial charge in [-0.05, 0) is 57.2 Å². The minimum atomic E-state index is 0.654. The topological polar surface area (TPSA) is 21.3 Å². The average Bonchev–Trinajstić information content (AvgIpc) is 2.38. The fraction of sp³-hybridized carbons (Fsp3) is 0.667. The maximum Gasteiger partial charge on any atom is 0.0469 e. The van der Waals surface area contributed by atoms with Crippen LogP contribution in [0.3, 0.4) is 0 Å². The molecule has 0 bridgehead atoms. The van der Waals surface area contributed by atoms with Crippen molar-refractivity contribution in [3.05, 3.63) is 35.4 Å². The molecule has 0 spiro atoms. The third kappa shape index (κ3) is 7.66. The minimum Gasteiger partial charge on any atom is -0.381 e. The lowest BCUT2D eigenvalue weighted by Gasteiger charge is -2.17. The van der Waals surface area contributed by atoms with Crippen LogP contribution in [0.1, 0.15) is 37.8 Å². The van der Waals surface area contributed by atoms with Crippen molar-refractivity contribution >= 4 is 0 Å². The Balaban J connectivity index is 2.32. The first-order valence-corrected chi connectivity index (χ1v) is 7.89. The molecule has 1 aromatic rings. The van der Waals surface area contributed by atoms with Crippen LogP contribution < -0.4 is 5.32 Å². The molecule has 0 amide bonds. The number of hydrogen-bond donors (Lipinski definition) is 1. The highest BCUT2D eigenvalue weighted by molar-refractivity contribution is 5.22. The van der Waals surface area contributed by atoms with Gasteiger partial charge in [-0.3, -0.25) is 0 Å². The molecule has 0 saturated carbocycles. The first-order valence-electron chi connectivity index (χ1n) is 7.89. The number of aryl methyl sites for hydroxylation is 1. The van der Waals surface area contributed by atoms with Crippen LogP contribution >= 0.6 is 0 Å². The van der Waals surface area contributed by atoms with Crippen LogP contribution in [-0.2, 0) is 11.2 Å². The highest BCUT2D eigenvalue weighted by Gasteiger charge is 2.09. The van der Waals surface area contributed by atoms with Gasteiger partial charge in [0.15, 0.2) is 0 Å². The summed E-state index contributed by atoms with van der Waals surface area (Å²) in [6.07, 6.45) is 3.43. The Morgan fingerprint density at radius 1 is 1.15 bits per heavy atom. The molecule has 0 radical (unpaired) electrons. The molecule has 1 N–H and O–H groups in total. The van der Waals surface area contributed by atoms with Crippen molar-refractivity contribution in [3.63, 3.8) is 0 Å². The summed E-state index contributed by atoms with van der Waals surface area (Å²) in [6, 6.07) is 8.84. The van der Waals surface area contributed by atoms with E-state index in [2.05, 4.69) is 50.4 Å². The Bertz CT molecular complexity index is 362. The number of nitrogens with one attached hydrogen (secondary N) is 1. The Hall–Kier alpha value is -0.860. The van der Waals surface area contributed by atoms with Gasteiger partial charge in [-0.1, -0.05) is 43.7 Å². The van der Waals surface area contributed by atoms with E-state index in [1.165, 1.54) is 11.1 Å². The van der Waals surface area contributed by atoms with Crippen LogP contribution in [-0.4, -0.2) is 26.8 Å². The van der Waals surface area contributed by atoms with Gasteiger partial charge >= 0.3 is 0 Å². The maximum atomic E-state index is 5.75. The zero-order chi connectivity index (χ0) is 14.8. The summed E-state index contributed by atoms with van der Waals surface area (Å²) in [5.74, 6) is 1.39. The second-order valence-corrected chi connectivity index (χ2v) is 6.20. The molecule has 1 atom stereocenters. The fourth-order valence-corrected chi connectivity index (χ4v) is 2.41. The molecule has 1 rings (SSSR count). The van der Waals surface area contributed by atoms with Crippen LogP contribution in [0.2, 0.25) is 0 Å². The lowest BCUT2D eigenvalue weighted by Crippen LogP contribution is -2.22. The van der Waals surface area contributed by atoms with E-state index in [1.807, 2.05) is 7.05 Å². The molecular formula is C18H31NO. The van der Waals surface area contributed by atoms with E-state index in [0.717, 1.165) is 44.9 Å². The van der Waals surface area contributed by atoms with Crippen molar-refractivity contribution in [2.75, 3.05) is 26.8 Å². The van der Waals surface area contributed by atoms with Crippen molar-refractivity contribution in [2.45, 2.75) is 40.0 Å². The number of hydrogen-bond acceptors (Lipinski definition) is 2. The molecule has 114 valence electrons. The monoisotopic (exact) mass is 277 g/mol. The number of benzene rings is 1. The van der Waals surface area contributed by atoms with Gasteiger partial charge in [0.1, 0.15) is 0 Å². The van der Waals surface area contributed by atoms with Crippen molar-refractivity contribution in [1.82, 2.24) is 5.32 Å². The van der Waals surface area contributed by atoms with Crippen molar-refractivity contribution < 1.29 is 4.74 Å². The molecule has 0 fully saturated rings. The Labute approximate surface area is 124 Å². The van der Waals surface area contributed by atoms with E-state index in [-0.39, 0.29) is 0 Å². The SMILES string of the molecule is CNCC(CCOCCC(C)C)Cc1cccc(C)c1. The Morgan fingerprint density at radius 3 is 2.55 bits per heavy atom. The van der Waals surface area contributed by atoms with Gasteiger partial charge in [0.05, 0.1) is 0 Å². The Morgan fingerprint density at radius 2 is 1.90 bits per heavy atom. The molecule has 2 heteroatoms. The van der Waals surface area contributed by atoms with Gasteiger partial charge in [0.2, 0.25) is 0 Å². The number of rotatable bonds is 10. The van der Waals surface area contributed by atoms with Crippen LogP contribution in [0.25, 0.3) is 0 Å². The average molecular weight is 277 g/mol. The summed E-state index contributed by atoms with van der Waals surface area (Å²) in [5.41, 5.74) is 2.78. The third-order valence-electron chi connectivity index (χ3n) is 3.61. The molecular weight excluding hydrogens is 246 g/mol. The highest BCUT2D eigenvalue weighted by atomic mass is 16.5. The van der Waals surface area contributed by atoms with Crippen molar-refractivity contribution in [2.24, 2.45) is 11.8 Å². The highest BCUT2D eigenvalue weighted by Crippen LogP contribution is 2.14. The Kier molecular flexibility index (Phi) is 8.56. The van der Waals surface area contributed by atoms with Gasteiger partial charge in [0, 0.05) is 13.2 Å². The lowest BCUT2D eigenvalue weighted by molar-refractivity contribution is 0.110.